The predicted molar refractivity (Wildman–Crippen MR) is 150 cm³/mol. The first-order valence-electron chi connectivity index (χ1n) is 12.7. The Hall–Kier alpha value is -3.52. The van der Waals surface area contributed by atoms with E-state index in [0.717, 1.165) is 29.9 Å². The molecule has 0 bridgehead atoms. The maximum Gasteiger partial charge on any atom is 0.337 e. The average molecular weight is 519 g/mol. The van der Waals surface area contributed by atoms with E-state index in [1.54, 1.807) is 0 Å². The lowest BCUT2D eigenvalue weighted by atomic mass is 9.82. The lowest BCUT2D eigenvalue weighted by Crippen LogP contribution is -2.32. The van der Waals surface area contributed by atoms with Gasteiger partial charge in [0, 0.05) is 30.2 Å². The average Bonchev–Trinajstić information content (AvgIpc) is 2.88. The molecule has 0 spiro atoms. The number of thioether (sulfide) groups is 1. The van der Waals surface area contributed by atoms with Gasteiger partial charge in [0.15, 0.2) is 5.16 Å². The molecule has 0 saturated carbocycles. The van der Waals surface area contributed by atoms with Gasteiger partial charge in [-0.2, -0.15) is 0 Å². The Kier molecular flexibility index (Phi) is 8.38. The second kappa shape index (κ2) is 11.7. The van der Waals surface area contributed by atoms with Crippen LogP contribution in [-0.2, 0) is 15.3 Å². The van der Waals surface area contributed by atoms with Gasteiger partial charge in [0.1, 0.15) is 5.82 Å². The number of allylic oxidation sites excluding steroid dienone is 1. The summed E-state index contributed by atoms with van der Waals surface area (Å²) in [5, 5.41) is 3.74. The number of H-pyrrole nitrogens is 1. The van der Waals surface area contributed by atoms with Crippen LogP contribution in [0, 0.1) is 0 Å². The molecule has 2 heterocycles. The van der Waals surface area contributed by atoms with E-state index >= 15 is 0 Å². The second-order valence-electron chi connectivity index (χ2n) is 9.22. The molecule has 0 fully saturated rings. The fourth-order valence-corrected chi connectivity index (χ4v) is 5.39. The van der Waals surface area contributed by atoms with Crippen molar-refractivity contribution in [2.45, 2.75) is 57.5 Å². The number of ether oxygens (including phenoxy) is 1. The number of hydrogen-bond acceptors (Lipinski definition) is 7. The van der Waals surface area contributed by atoms with Crippen molar-refractivity contribution in [3.8, 4) is 0 Å². The maximum atomic E-state index is 13.5. The van der Waals surface area contributed by atoms with E-state index in [1.807, 2.05) is 75.4 Å². The summed E-state index contributed by atoms with van der Waals surface area (Å²) in [6.07, 6.45) is -0.284. The van der Waals surface area contributed by atoms with Crippen LogP contribution in [0.2, 0.25) is 0 Å². The van der Waals surface area contributed by atoms with Crippen molar-refractivity contribution >= 4 is 29.2 Å². The Bertz CT molecular complexity index is 1330. The third-order valence-corrected chi connectivity index (χ3v) is 7.30. The number of nitrogens with zero attached hydrogens (tertiary/aromatic N) is 2. The Morgan fingerprint density at radius 3 is 2.38 bits per heavy atom. The van der Waals surface area contributed by atoms with E-state index in [9.17, 15) is 9.59 Å². The van der Waals surface area contributed by atoms with Gasteiger partial charge in [0.05, 0.1) is 23.2 Å². The topological polar surface area (TPSA) is 87.3 Å². The number of fused-ring (bicyclic) bond motifs is 1. The number of carbonyl (C=O) groups is 1. The van der Waals surface area contributed by atoms with Gasteiger partial charge in [-0.15, -0.1) is 0 Å². The molecular weight excluding hydrogens is 484 g/mol. The normalized spacial score (nSPS) is 14.8. The highest BCUT2D eigenvalue weighted by molar-refractivity contribution is 7.98. The number of anilines is 2. The molecule has 2 N–H and O–H groups in total. The molecule has 4 rings (SSSR count). The van der Waals surface area contributed by atoms with Crippen LogP contribution in [0.25, 0.3) is 0 Å². The number of carbonyl (C=O) groups excluding carboxylic acids is 1. The zero-order valence-corrected chi connectivity index (χ0v) is 22.8. The first-order valence-corrected chi connectivity index (χ1v) is 13.7. The highest BCUT2D eigenvalue weighted by Crippen LogP contribution is 2.40. The van der Waals surface area contributed by atoms with Crippen molar-refractivity contribution in [3.05, 3.63) is 92.9 Å². The number of rotatable bonds is 9. The molecule has 7 nitrogen and oxygen atoms in total. The smallest absolute Gasteiger partial charge is 0.337 e. The molecule has 0 radical (unpaired) electrons. The summed E-state index contributed by atoms with van der Waals surface area (Å²) in [5.41, 5.74) is 4.28. The van der Waals surface area contributed by atoms with E-state index in [4.69, 9.17) is 9.72 Å². The van der Waals surface area contributed by atoms with Gasteiger partial charge < -0.3 is 19.9 Å². The molecule has 1 atom stereocenters. The number of hydrogen-bond donors (Lipinski definition) is 2. The summed E-state index contributed by atoms with van der Waals surface area (Å²) >= 11 is 1.46. The van der Waals surface area contributed by atoms with E-state index in [-0.39, 0.29) is 11.7 Å². The van der Waals surface area contributed by atoms with E-state index in [2.05, 4.69) is 29.0 Å². The number of aromatic amines is 1. The summed E-state index contributed by atoms with van der Waals surface area (Å²) in [6, 6.07) is 18.1. The molecule has 37 heavy (non-hydrogen) atoms. The number of aromatic nitrogens is 2. The Balaban J connectivity index is 1.76. The molecule has 3 aromatic rings. The summed E-state index contributed by atoms with van der Waals surface area (Å²) in [4.78, 5) is 36.7. The van der Waals surface area contributed by atoms with Gasteiger partial charge in [-0.25, -0.2) is 9.78 Å². The molecule has 2 aromatic carbocycles. The van der Waals surface area contributed by atoms with Gasteiger partial charge in [0.25, 0.3) is 5.56 Å². The van der Waals surface area contributed by atoms with Crippen LogP contribution >= 0.6 is 11.8 Å². The van der Waals surface area contributed by atoms with Crippen molar-refractivity contribution in [2.24, 2.45) is 0 Å². The largest absolute Gasteiger partial charge is 0.460 e. The van der Waals surface area contributed by atoms with E-state index < -0.39 is 11.9 Å². The second-order valence-corrected chi connectivity index (χ2v) is 10.2. The van der Waals surface area contributed by atoms with Crippen LogP contribution in [0.5, 0.6) is 0 Å². The van der Waals surface area contributed by atoms with Crippen molar-refractivity contribution in [1.82, 2.24) is 9.97 Å². The number of benzene rings is 2. The summed E-state index contributed by atoms with van der Waals surface area (Å²) < 4.78 is 5.59. The Morgan fingerprint density at radius 1 is 1.08 bits per heavy atom. The van der Waals surface area contributed by atoms with Crippen LogP contribution in [-0.4, -0.2) is 35.1 Å². The summed E-state index contributed by atoms with van der Waals surface area (Å²) in [6.45, 7) is 11.5. The molecule has 1 aromatic heterocycles. The van der Waals surface area contributed by atoms with Gasteiger partial charge in [-0.05, 0) is 57.9 Å². The number of esters is 1. The molecule has 194 valence electrons. The fraction of sp³-hybridized carbons (Fsp3) is 0.345. The zero-order chi connectivity index (χ0) is 26.5. The standard InChI is InChI=1S/C29H34N4O3S/c1-6-33(7-2)22-15-13-21(14-16-22)24-23(28(35)36-18(3)4)19(5)30-26-25(24)27(34)32-29(31-26)37-17-20-11-9-8-10-12-20/h8-16,18,24H,6-7,17H2,1-5H3,(H2,30,31,32,34). The van der Waals surface area contributed by atoms with Crippen molar-refractivity contribution in [1.29, 1.82) is 0 Å². The highest BCUT2D eigenvalue weighted by Gasteiger charge is 2.36. The quantitative estimate of drug-likeness (QED) is 0.214. The molecular formula is C29H34N4O3S. The minimum atomic E-state index is -0.599. The summed E-state index contributed by atoms with van der Waals surface area (Å²) in [5.74, 6) is 0.110. The SMILES string of the molecule is CCN(CC)c1ccc(C2C(C(=O)OC(C)C)=C(C)Nc3nc(SCc4ccccc4)[nH]c(=O)c32)cc1. The molecule has 8 heteroatoms. The molecule has 0 aliphatic carbocycles. The minimum Gasteiger partial charge on any atom is -0.460 e. The van der Waals surface area contributed by atoms with Gasteiger partial charge in [-0.1, -0.05) is 54.2 Å². The van der Waals surface area contributed by atoms with Gasteiger partial charge in [0.2, 0.25) is 0 Å². The molecule has 1 aliphatic heterocycles. The van der Waals surface area contributed by atoms with Crippen molar-refractivity contribution < 1.29 is 9.53 Å². The van der Waals surface area contributed by atoms with Crippen LogP contribution in [0.4, 0.5) is 11.5 Å². The molecule has 1 aliphatic rings. The van der Waals surface area contributed by atoms with E-state index in [0.29, 0.717) is 33.6 Å². The lowest BCUT2D eigenvalue weighted by molar-refractivity contribution is -0.143. The summed E-state index contributed by atoms with van der Waals surface area (Å²) in [7, 11) is 0. The molecule has 0 saturated heterocycles. The van der Waals surface area contributed by atoms with Gasteiger partial charge in [-0.3, -0.25) is 4.79 Å². The maximum absolute atomic E-state index is 13.5. The zero-order valence-electron chi connectivity index (χ0n) is 22.0. The van der Waals surface area contributed by atoms with Crippen LogP contribution < -0.4 is 15.8 Å². The highest BCUT2D eigenvalue weighted by atomic mass is 32.2. The van der Waals surface area contributed by atoms with Crippen LogP contribution in [0.1, 0.15) is 57.2 Å². The van der Waals surface area contributed by atoms with Gasteiger partial charge >= 0.3 is 5.97 Å². The lowest BCUT2D eigenvalue weighted by Gasteiger charge is -2.30. The molecule has 0 amide bonds. The van der Waals surface area contributed by atoms with Crippen LogP contribution in [0.15, 0.2) is 75.8 Å². The van der Waals surface area contributed by atoms with Crippen molar-refractivity contribution in [3.63, 3.8) is 0 Å². The Morgan fingerprint density at radius 2 is 1.76 bits per heavy atom. The fourth-order valence-electron chi connectivity index (χ4n) is 4.57. The number of nitrogens with one attached hydrogen (secondary N) is 2. The molecule has 1 unspecified atom stereocenters. The van der Waals surface area contributed by atoms with Crippen LogP contribution in [0.3, 0.4) is 0 Å². The first kappa shape index (κ1) is 26.5. The third kappa shape index (κ3) is 5.91. The monoisotopic (exact) mass is 518 g/mol. The Labute approximate surface area is 222 Å². The third-order valence-electron chi connectivity index (χ3n) is 6.36. The van der Waals surface area contributed by atoms with E-state index in [1.165, 1.54) is 11.8 Å². The first-order chi connectivity index (χ1) is 17.8. The minimum absolute atomic E-state index is 0.270. The van der Waals surface area contributed by atoms with Crippen molar-refractivity contribution in [2.75, 3.05) is 23.3 Å². The predicted octanol–water partition coefficient (Wildman–Crippen LogP) is 5.69.